The fraction of sp³-hybridized carbons (Fsp3) is 0.343. The van der Waals surface area contributed by atoms with Gasteiger partial charge in [-0.25, -0.2) is 0 Å². The maximum atomic E-state index is 13.6. The minimum atomic E-state index is -4.80. The molecule has 0 spiro atoms. The van der Waals surface area contributed by atoms with Gasteiger partial charge >= 0.3 is 6.18 Å². The molecular formula is C35H39F3N2O2V. The Morgan fingerprint density at radius 2 is 1.09 bits per heavy atom. The summed E-state index contributed by atoms with van der Waals surface area (Å²) < 4.78 is 40.9. The molecule has 2 heterocycles. The Balaban J connectivity index is 0.000000268. The van der Waals surface area contributed by atoms with Gasteiger partial charge in [0.15, 0.2) is 5.78 Å². The molecule has 0 fully saturated rings. The molecule has 6 rings (SSSR count). The monoisotopic (exact) mass is 627 g/mol. The number of aliphatic hydroxyl groups is 1. The predicted molar refractivity (Wildman–Crippen MR) is 163 cm³/mol. The quantitative estimate of drug-likeness (QED) is 0.186. The van der Waals surface area contributed by atoms with Crippen LogP contribution in [0.25, 0.3) is 22.5 Å². The molecule has 2 aromatic heterocycles. The average Bonchev–Trinajstić information content (AvgIpc) is 3.42. The number of ketones is 1. The number of aryl methyl sites for hydroxylation is 2. The van der Waals surface area contributed by atoms with Gasteiger partial charge in [0.2, 0.25) is 5.60 Å². The van der Waals surface area contributed by atoms with Gasteiger partial charge in [0.25, 0.3) is 0 Å². The number of alkyl halides is 3. The van der Waals surface area contributed by atoms with Gasteiger partial charge in [-0.3, -0.25) is 14.8 Å². The summed E-state index contributed by atoms with van der Waals surface area (Å²) in [5.41, 5.74) is 5.66. The second kappa shape index (κ2) is 13.6. The number of carbonyl (C=O) groups is 1. The summed E-state index contributed by atoms with van der Waals surface area (Å²) in [4.78, 5) is 21.2. The van der Waals surface area contributed by atoms with Crippen LogP contribution in [0.4, 0.5) is 13.2 Å². The molecule has 0 bridgehead atoms. The summed E-state index contributed by atoms with van der Waals surface area (Å²) in [5, 5.41) is 10.6. The van der Waals surface area contributed by atoms with Crippen LogP contribution in [0.2, 0.25) is 0 Å². The number of hydrogen-bond acceptors (Lipinski definition) is 4. The Kier molecular flexibility index (Phi) is 11.4. The number of aromatic nitrogens is 2. The van der Waals surface area contributed by atoms with Crippen LogP contribution in [-0.4, -0.2) is 27.0 Å². The molecule has 0 saturated heterocycles. The van der Waals surface area contributed by atoms with E-state index in [9.17, 15) is 23.1 Å². The average molecular weight is 628 g/mol. The first kappa shape index (κ1) is 35.9. The molecule has 1 atom stereocenters. The first-order valence-corrected chi connectivity index (χ1v) is 14.3. The van der Waals surface area contributed by atoms with Crippen LogP contribution in [0.3, 0.4) is 0 Å². The number of nitrogens with zero attached hydrogens (tertiary/aromatic N) is 2. The van der Waals surface area contributed by atoms with E-state index in [0.717, 1.165) is 39.2 Å². The van der Waals surface area contributed by atoms with Gasteiger partial charge in [0, 0.05) is 57.8 Å². The molecule has 0 saturated carbocycles. The van der Waals surface area contributed by atoms with Crippen LogP contribution in [0.15, 0.2) is 48.5 Å². The zero-order valence-corrected chi connectivity index (χ0v) is 27.8. The molecule has 0 amide bonds. The van der Waals surface area contributed by atoms with E-state index in [4.69, 9.17) is 0 Å². The Morgan fingerprint density at radius 3 is 1.63 bits per heavy atom. The third-order valence-electron chi connectivity index (χ3n) is 7.99. The Hall–Kier alpha value is -3.26. The van der Waals surface area contributed by atoms with Gasteiger partial charge in [-0.2, -0.15) is 13.2 Å². The van der Waals surface area contributed by atoms with E-state index in [2.05, 4.69) is 9.97 Å². The van der Waals surface area contributed by atoms with Crippen molar-refractivity contribution >= 4 is 5.78 Å². The third kappa shape index (κ3) is 5.71. The number of pyridine rings is 2. The topological polar surface area (TPSA) is 63.1 Å². The van der Waals surface area contributed by atoms with E-state index in [-0.39, 0.29) is 41.2 Å². The zero-order valence-electron chi connectivity index (χ0n) is 26.4. The van der Waals surface area contributed by atoms with Crippen LogP contribution in [-0.2, 0) is 24.2 Å². The van der Waals surface area contributed by atoms with Crippen molar-refractivity contribution in [3.63, 3.8) is 0 Å². The molecule has 0 aliphatic heterocycles. The van der Waals surface area contributed by atoms with Crippen molar-refractivity contribution in [2.75, 3.05) is 0 Å². The van der Waals surface area contributed by atoms with Crippen molar-refractivity contribution in [3.8, 4) is 22.5 Å². The fourth-order valence-electron chi connectivity index (χ4n) is 5.45. The molecule has 2 aromatic carbocycles. The molecule has 8 heteroatoms. The smallest absolute Gasteiger partial charge is 0.372 e. The van der Waals surface area contributed by atoms with E-state index < -0.39 is 11.8 Å². The number of benzene rings is 2. The third-order valence-corrected chi connectivity index (χ3v) is 7.99. The largest absolute Gasteiger partial charge is 0.425 e. The zero-order chi connectivity index (χ0) is 31.7. The first-order valence-electron chi connectivity index (χ1n) is 14.3. The number of fused-ring (bicyclic) bond motifs is 6. The van der Waals surface area contributed by atoms with E-state index in [0.29, 0.717) is 22.4 Å². The minimum Gasteiger partial charge on any atom is -0.372 e. The summed E-state index contributed by atoms with van der Waals surface area (Å²) >= 11 is 0. The first-order chi connectivity index (χ1) is 19.8. The van der Waals surface area contributed by atoms with Crippen molar-refractivity contribution in [1.29, 1.82) is 0 Å². The van der Waals surface area contributed by atoms with Crippen molar-refractivity contribution in [3.05, 3.63) is 104 Å². The Labute approximate surface area is 264 Å². The van der Waals surface area contributed by atoms with Crippen LogP contribution in [0.5, 0.6) is 0 Å². The number of halogens is 3. The van der Waals surface area contributed by atoms with Crippen molar-refractivity contribution in [1.82, 2.24) is 9.97 Å². The van der Waals surface area contributed by atoms with Gasteiger partial charge < -0.3 is 5.11 Å². The number of carbonyl (C=O) groups excluding carboxylic acids is 1. The molecular weight excluding hydrogens is 588 g/mol. The van der Waals surface area contributed by atoms with Gasteiger partial charge in [0.05, 0.1) is 17.0 Å². The summed E-state index contributed by atoms with van der Waals surface area (Å²) in [7, 11) is 0. The SMILES string of the molecule is CC.CC.Cc1nc2c(c(C)c1C)C(=O)c1ccccc1-2.Cc1nc2c(c(C)c1C)C(O)(C(F)(F)F)c1ccccc1-2.[V]. The Bertz CT molecular complexity index is 1660. The van der Waals surface area contributed by atoms with Crippen LogP contribution in [0.1, 0.15) is 88.4 Å². The second-order valence-electron chi connectivity index (χ2n) is 9.97. The minimum absolute atomic E-state index is 0. The van der Waals surface area contributed by atoms with Crippen LogP contribution < -0.4 is 0 Å². The summed E-state index contributed by atoms with van der Waals surface area (Å²) in [5.74, 6) is 0.115. The Morgan fingerprint density at radius 1 is 0.651 bits per heavy atom. The van der Waals surface area contributed by atoms with E-state index in [1.165, 1.54) is 12.1 Å². The van der Waals surface area contributed by atoms with Crippen molar-refractivity contribution in [2.45, 2.75) is 81.0 Å². The van der Waals surface area contributed by atoms with Crippen molar-refractivity contribution < 1.29 is 41.6 Å². The molecule has 43 heavy (non-hydrogen) atoms. The van der Waals surface area contributed by atoms with E-state index in [1.807, 2.05) is 72.7 Å². The summed E-state index contributed by atoms with van der Waals surface area (Å²) in [6, 6.07) is 13.7. The van der Waals surface area contributed by atoms with Gasteiger partial charge in [-0.05, 0) is 63.8 Å². The molecule has 2 aliphatic rings. The van der Waals surface area contributed by atoms with E-state index in [1.54, 1.807) is 32.9 Å². The molecule has 1 unspecified atom stereocenters. The predicted octanol–water partition coefficient (Wildman–Crippen LogP) is 9.05. The van der Waals surface area contributed by atoms with Gasteiger partial charge in [-0.1, -0.05) is 76.2 Å². The van der Waals surface area contributed by atoms with Crippen molar-refractivity contribution in [2.24, 2.45) is 0 Å². The fourth-order valence-corrected chi connectivity index (χ4v) is 5.45. The van der Waals surface area contributed by atoms with Gasteiger partial charge in [0.1, 0.15) is 0 Å². The second-order valence-corrected chi connectivity index (χ2v) is 9.97. The summed E-state index contributed by atoms with van der Waals surface area (Å²) in [6.07, 6.45) is -4.80. The van der Waals surface area contributed by atoms with E-state index >= 15 is 0 Å². The number of rotatable bonds is 0. The molecule has 2 aliphatic carbocycles. The molecule has 4 nitrogen and oxygen atoms in total. The van der Waals surface area contributed by atoms with Crippen LogP contribution >= 0.6 is 0 Å². The summed E-state index contributed by atoms with van der Waals surface area (Å²) in [6.45, 7) is 19.1. The van der Waals surface area contributed by atoms with Crippen LogP contribution in [0, 0.1) is 41.5 Å². The maximum Gasteiger partial charge on any atom is 0.425 e. The molecule has 1 radical (unpaired) electrons. The standard InChI is InChI=1S/C16H14F3NO.C15H13NO.2C2H6.V/c1-8-9(2)13-14(20-10(8)3)11-6-4-5-7-12(11)15(13,21)16(17,18)19;1-8-9(2)13-14(16-10(8)3)11-6-4-5-7-12(11)15(13)17;2*1-2;/h4-7,21H,1-3H3;4-7H,1-3H3;2*1-2H3;. The number of hydrogen-bond donors (Lipinski definition) is 1. The molecule has 227 valence electrons. The molecule has 4 aromatic rings. The van der Waals surface area contributed by atoms with Gasteiger partial charge in [-0.15, -0.1) is 0 Å². The normalized spacial score (nSPS) is 15.2. The molecule has 1 N–H and O–H groups in total. The maximum absolute atomic E-state index is 13.6.